The van der Waals surface area contributed by atoms with Gasteiger partial charge in [-0.3, -0.25) is 9.59 Å². The molecule has 7 nitrogen and oxygen atoms in total. The molecular formula is C24H33N3O4S. The van der Waals surface area contributed by atoms with Crippen molar-refractivity contribution in [2.45, 2.75) is 46.5 Å². The summed E-state index contributed by atoms with van der Waals surface area (Å²) in [5.41, 5.74) is 0.294. The van der Waals surface area contributed by atoms with Gasteiger partial charge in [-0.1, -0.05) is 32.6 Å². The summed E-state index contributed by atoms with van der Waals surface area (Å²) in [4.78, 5) is 42.5. The predicted octanol–water partition coefficient (Wildman–Crippen LogP) is 3.04. The first-order valence-corrected chi connectivity index (χ1v) is 12.3. The van der Waals surface area contributed by atoms with Gasteiger partial charge < -0.3 is 20.2 Å². The second-order valence-electron chi connectivity index (χ2n) is 9.07. The number of carboxylic acids is 1. The number of anilines is 1. The quantitative estimate of drug-likeness (QED) is 0.661. The first kappa shape index (κ1) is 24.3. The number of amides is 2. The molecule has 2 aliphatic rings. The highest BCUT2D eigenvalue weighted by atomic mass is 32.1. The van der Waals surface area contributed by atoms with Crippen LogP contribution >= 0.6 is 11.3 Å². The molecule has 2 fully saturated rings. The fourth-order valence-corrected chi connectivity index (χ4v) is 5.03. The van der Waals surface area contributed by atoms with Crippen LogP contribution in [0.4, 0.5) is 5.69 Å². The van der Waals surface area contributed by atoms with E-state index in [9.17, 15) is 19.5 Å². The lowest BCUT2D eigenvalue weighted by molar-refractivity contribution is -0.132. The van der Waals surface area contributed by atoms with E-state index in [1.807, 2.05) is 13.8 Å². The van der Waals surface area contributed by atoms with Crippen LogP contribution in [0.1, 0.15) is 61.0 Å². The second-order valence-corrected chi connectivity index (χ2v) is 10.1. The first-order valence-electron chi connectivity index (χ1n) is 11.4. The van der Waals surface area contributed by atoms with Gasteiger partial charge in [0.15, 0.2) is 0 Å². The fourth-order valence-electron chi connectivity index (χ4n) is 4.17. The molecular weight excluding hydrogens is 426 g/mol. The highest BCUT2D eigenvalue weighted by Crippen LogP contribution is 2.35. The smallest absolute Gasteiger partial charge is 0.348 e. The van der Waals surface area contributed by atoms with Crippen LogP contribution in [-0.4, -0.2) is 60.5 Å². The monoisotopic (exact) mass is 459 g/mol. The lowest BCUT2D eigenvalue weighted by Crippen LogP contribution is -2.51. The predicted molar refractivity (Wildman–Crippen MR) is 126 cm³/mol. The van der Waals surface area contributed by atoms with Crippen molar-refractivity contribution in [2.24, 2.45) is 17.8 Å². The topological polar surface area (TPSA) is 90.0 Å². The summed E-state index contributed by atoms with van der Waals surface area (Å²) in [6.07, 6.45) is 3.48. The zero-order valence-electron chi connectivity index (χ0n) is 19.1. The molecule has 32 heavy (non-hydrogen) atoms. The Balaban J connectivity index is 1.94. The minimum absolute atomic E-state index is 0.0590. The van der Waals surface area contributed by atoms with Crippen molar-refractivity contribution in [1.29, 1.82) is 0 Å². The Hall–Kier alpha value is -2.37. The van der Waals surface area contributed by atoms with Gasteiger partial charge in [0.05, 0.1) is 10.6 Å². The number of nitrogens with zero attached hydrogens (tertiary/aromatic N) is 2. The Bertz CT molecular complexity index is 900. The molecule has 0 spiro atoms. The number of piperazine rings is 1. The molecule has 174 valence electrons. The van der Waals surface area contributed by atoms with Crippen molar-refractivity contribution in [3.63, 3.8) is 0 Å². The maximum atomic E-state index is 13.6. The Morgan fingerprint density at radius 2 is 1.88 bits per heavy atom. The van der Waals surface area contributed by atoms with Gasteiger partial charge in [-0.15, -0.1) is 11.3 Å². The van der Waals surface area contributed by atoms with E-state index in [0.29, 0.717) is 42.7 Å². The molecule has 2 N–H and O–H groups in total. The number of carboxylic acid groups (broad SMARTS) is 1. The van der Waals surface area contributed by atoms with Gasteiger partial charge >= 0.3 is 5.97 Å². The molecule has 1 saturated heterocycles. The molecule has 1 aliphatic heterocycles. The van der Waals surface area contributed by atoms with Crippen molar-refractivity contribution in [3.8, 4) is 11.8 Å². The number of carbonyl (C=O) groups is 3. The second kappa shape index (κ2) is 11.0. The van der Waals surface area contributed by atoms with Crippen LogP contribution in [0.25, 0.3) is 0 Å². The summed E-state index contributed by atoms with van der Waals surface area (Å²) in [5.74, 6) is 5.21. The summed E-state index contributed by atoms with van der Waals surface area (Å²) >= 11 is 1.06. The Labute approximate surface area is 194 Å². The highest BCUT2D eigenvalue weighted by Gasteiger charge is 2.34. The Kier molecular flexibility index (Phi) is 8.32. The standard InChI is InChI=1S/C24H33N3O4S/c1-16(2)4-9-19-14-20(22(32-19)24(30)31)27(15-21(28)26-12-10-25-11-13-26)23(29)18-7-5-17(3)6-8-18/h14,16-18,25H,5-8,10-13,15H2,1-3H3,(H,30,31). The maximum Gasteiger partial charge on any atom is 0.348 e. The normalized spacial score (nSPS) is 21.1. The number of hydrogen-bond donors (Lipinski definition) is 2. The van der Waals surface area contributed by atoms with Crippen molar-refractivity contribution in [2.75, 3.05) is 37.6 Å². The minimum Gasteiger partial charge on any atom is -0.477 e. The molecule has 0 atom stereocenters. The van der Waals surface area contributed by atoms with E-state index in [1.54, 1.807) is 11.0 Å². The van der Waals surface area contributed by atoms with Crippen molar-refractivity contribution in [1.82, 2.24) is 10.2 Å². The molecule has 1 aliphatic carbocycles. The van der Waals surface area contributed by atoms with E-state index >= 15 is 0 Å². The molecule has 1 saturated carbocycles. The minimum atomic E-state index is -1.10. The third-order valence-electron chi connectivity index (χ3n) is 6.08. The molecule has 1 aromatic heterocycles. The van der Waals surface area contributed by atoms with E-state index in [2.05, 4.69) is 24.1 Å². The van der Waals surface area contributed by atoms with Gasteiger partial charge in [0.25, 0.3) is 0 Å². The number of nitrogens with one attached hydrogen (secondary N) is 1. The molecule has 0 aromatic carbocycles. The number of thiophene rings is 1. The van der Waals surface area contributed by atoms with Crippen LogP contribution in [0.3, 0.4) is 0 Å². The summed E-state index contributed by atoms with van der Waals surface area (Å²) in [7, 11) is 0. The molecule has 8 heteroatoms. The lowest BCUT2D eigenvalue weighted by atomic mass is 9.82. The SMILES string of the molecule is CC(C)C#Cc1cc(N(CC(=O)N2CCNCC2)C(=O)C2CCC(C)CC2)c(C(=O)O)s1. The molecule has 3 rings (SSSR count). The third kappa shape index (κ3) is 6.11. The summed E-state index contributed by atoms with van der Waals surface area (Å²) in [6, 6.07) is 1.66. The average molecular weight is 460 g/mol. The highest BCUT2D eigenvalue weighted by molar-refractivity contribution is 7.15. The van der Waals surface area contributed by atoms with E-state index in [0.717, 1.165) is 37.0 Å². The van der Waals surface area contributed by atoms with Crippen LogP contribution in [-0.2, 0) is 9.59 Å². The average Bonchev–Trinajstić information content (AvgIpc) is 3.21. The van der Waals surface area contributed by atoms with Crippen LogP contribution in [0.5, 0.6) is 0 Å². The molecule has 0 radical (unpaired) electrons. The summed E-state index contributed by atoms with van der Waals surface area (Å²) in [5, 5.41) is 13.1. The molecule has 0 bridgehead atoms. The van der Waals surface area contributed by atoms with Crippen LogP contribution in [0.2, 0.25) is 0 Å². The van der Waals surface area contributed by atoms with Crippen molar-refractivity contribution in [3.05, 3.63) is 15.8 Å². The van der Waals surface area contributed by atoms with Gasteiger partial charge in [-0.05, 0) is 37.7 Å². The lowest BCUT2D eigenvalue weighted by Gasteiger charge is -2.33. The zero-order valence-corrected chi connectivity index (χ0v) is 20.0. The van der Waals surface area contributed by atoms with Gasteiger partial charge in [0.2, 0.25) is 11.8 Å². The maximum absolute atomic E-state index is 13.6. The van der Waals surface area contributed by atoms with Gasteiger partial charge in [0.1, 0.15) is 11.4 Å². The summed E-state index contributed by atoms with van der Waals surface area (Å²) < 4.78 is 0. The van der Waals surface area contributed by atoms with Crippen molar-refractivity contribution < 1.29 is 19.5 Å². The summed E-state index contributed by atoms with van der Waals surface area (Å²) in [6.45, 7) is 8.58. The van der Waals surface area contributed by atoms with Gasteiger partial charge in [0, 0.05) is 38.0 Å². The molecule has 2 amide bonds. The number of aromatic carboxylic acids is 1. The van der Waals surface area contributed by atoms with Crippen LogP contribution < -0.4 is 10.2 Å². The van der Waals surface area contributed by atoms with Gasteiger partial charge in [-0.2, -0.15) is 0 Å². The van der Waals surface area contributed by atoms with Crippen molar-refractivity contribution >= 4 is 34.8 Å². The molecule has 0 unspecified atom stereocenters. The van der Waals surface area contributed by atoms with E-state index < -0.39 is 5.97 Å². The number of rotatable bonds is 5. The molecule has 2 heterocycles. The molecule has 1 aromatic rings. The van der Waals surface area contributed by atoms with E-state index in [4.69, 9.17) is 0 Å². The van der Waals surface area contributed by atoms with E-state index in [1.165, 1.54) is 4.90 Å². The van der Waals surface area contributed by atoms with Crippen LogP contribution in [0.15, 0.2) is 6.07 Å². The van der Waals surface area contributed by atoms with E-state index in [-0.39, 0.29) is 35.1 Å². The third-order valence-corrected chi connectivity index (χ3v) is 7.10. The number of hydrogen-bond acceptors (Lipinski definition) is 5. The Morgan fingerprint density at radius 3 is 2.47 bits per heavy atom. The first-order chi connectivity index (χ1) is 15.3. The van der Waals surface area contributed by atoms with Crippen LogP contribution in [0, 0.1) is 29.6 Å². The number of carbonyl (C=O) groups excluding carboxylic acids is 2. The largest absolute Gasteiger partial charge is 0.477 e. The zero-order chi connectivity index (χ0) is 23.3. The Morgan fingerprint density at radius 1 is 1.22 bits per heavy atom. The van der Waals surface area contributed by atoms with Gasteiger partial charge in [-0.25, -0.2) is 4.79 Å². The fraction of sp³-hybridized carbons (Fsp3) is 0.625.